The molecule has 0 spiro atoms. The summed E-state index contributed by atoms with van der Waals surface area (Å²) < 4.78 is 15.0. The monoisotopic (exact) mass is 357 g/mol. The van der Waals surface area contributed by atoms with Gasteiger partial charge in [-0.3, -0.25) is 14.0 Å². The van der Waals surface area contributed by atoms with Crippen molar-refractivity contribution >= 4 is 27.9 Å². The van der Waals surface area contributed by atoms with E-state index in [0.717, 1.165) is 36.9 Å². The molecule has 0 bridgehead atoms. The van der Waals surface area contributed by atoms with Crippen molar-refractivity contribution in [1.82, 2.24) is 9.38 Å². The van der Waals surface area contributed by atoms with Gasteiger partial charge in [-0.05, 0) is 50.3 Å². The fraction of sp³-hybridized carbons (Fsp3) is 0.278. The second kappa shape index (κ2) is 6.07. The normalized spacial score (nSPS) is 13.7. The summed E-state index contributed by atoms with van der Waals surface area (Å²) in [6, 6.07) is 4.14. The summed E-state index contributed by atoms with van der Waals surface area (Å²) in [4.78, 5) is 31.5. The van der Waals surface area contributed by atoms with Crippen LogP contribution in [0.2, 0.25) is 0 Å². The van der Waals surface area contributed by atoms with Crippen LogP contribution in [0.5, 0.6) is 0 Å². The third-order valence-corrected chi connectivity index (χ3v) is 5.65. The summed E-state index contributed by atoms with van der Waals surface area (Å²) in [5, 5.41) is 2.62. The van der Waals surface area contributed by atoms with Crippen LogP contribution < -0.4 is 10.9 Å². The predicted octanol–water partition coefficient (Wildman–Crippen LogP) is 3.33. The molecule has 1 N–H and O–H groups in total. The van der Waals surface area contributed by atoms with Gasteiger partial charge >= 0.3 is 0 Å². The van der Waals surface area contributed by atoms with Gasteiger partial charge in [-0.15, -0.1) is 11.3 Å². The number of thiazole rings is 1. The lowest BCUT2D eigenvalue weighted by molar-refractivity contribution is 0.102. The topological polar surface area (TPSA) is 63.5 Å². The molecule has 0 saturated heterocycles. The lowest BCUT2D eigenvalue weighted by Crippen LogP contribution is -2.27. The van der Waals surface area contributed by atoms with E-state index in [-0.39, 0.29) is 11.1 Å². The van der Waals surface area contributed by atoms with Gasteiger partial charge in [0, 0.05) is 22.5 Å². The number of anilines is 1. The smallest absolute Gasteiger partial charge is 0.271 e. The van der Waals surface area contributed by atoms with Gasteiger partial charge in [0.2, 0.25) is 0 Å². The molecular weight excluding hydrogens is 341 g/mol. The van der Waals surface area contributed by atoms with Crippen LogP contribution in [-0.4, -0.2) is 15.3 Å². The van der Waals surface area contributed by atoms with E-state index in [4.69, 9.17) is 0 Å². The lowest BCUT2D eigenvalue weighted by Gasteiger charge is -2.11. The highest BCUT2D eigenvalue weighted by molar-refractivity contribution is 7.17. The fourth-order valence-electron chi connectivity index (χ4n) is 3.14. The summed E-state index contributed by atoms with van der Waals surface area (Å²) in [5.74, 6) is -1.02. The van der Waals surface area contributed by atoms with Gasteiger partial charge in [0.05, 0.1) is 0 Å². The van der Waals surface area contributed by atoms with E-state index in [1.165, 1.54) is 34.5 Å². The Morgan fingerprint density at radius 1 is 1.32 bits per heavy atom. The van der Waals surface area contributed by atoms with E-state index in [1.807, 2.05) is 0 Å². The lowest BCUT2D eigenvalue weighted by atomic mass is 10.0. The number of fused-ring (bicyclic) bond motifs is 3. The number of nitrogens with zero attached hydrogens (tertiary/aromatic N) is 2. The first-order valence-corrected chi connectivity index (χ1v) is 8.96. The number of halogens is 1. The molecular formula is C18H16FN3O2S. The average Bonchev–Trinajstić information content (AvgIpc) is 2.97. The summed E-state index contributed by atoms with van der Waals surface area (Å²) in [6.07, 6.45) is 5.23. The first-order chi connectivity index (χ1) is 12.0. The first-order valence-electron chi connectivity index (χ1n) is 8.14. The largest absolute Gasteiger partial charge is 0.321 e. The van der Waals surface area contributed by atoms with E-state index in [1.54, 1.807) is 17.4 Å². The SMILES string of the molecule is Cc1ccc(F)cc1NC(=O)c1cnc2sc3c(n2c1=O)CCCC3. The highest BCUT2D eigenvalue weighted by atomic mass is 32.1. The summed E-state index contributed by atoms with van der Waals surface area (Å²) >= 11 is 1.51. The molecule has 0 radical (unpaired) electrons. The molecule has 1 aromatic carbocycles. The van der Waals surface area contributed by atoms with Crippen LogP contribution in [0, 0.1) is 12.7 Å². The minimum Gasteiger partial charge on any atom is -0.321 e. The van der Waals surface area contributed by atoms with Crippen molar-refractivity contribution < 1.29 is 9.18 Å². The van der Waals surface area contributed by atoms with E-state index in [2.05, 4.69) is 10.3 Å². The number of rotatable bonds is 2. The third kappa shape index (κ3) is 2.74. The molecule has 0 atom stereocenters. The van der Waals surface area contributed by atoms with Gasteiger partial charge in [-0.1, -0.05) is 6.07 Å². The average molecular weight is 357 g/mol. The molecule has 1 aliphatic carbocycles. The zero-order valence-corrected chi connectivity index (χ0v) is 14.5. The van der Waals surface area contributed by atoms with Gasteiger partial charge in [0.15, 0.2) is 4.96 Å². The molecule has 1 amide bonds. The second-order valence-corrected chi connectivity index (χ2v) is 7.25. The number of benzene rings is 1. The molecule has 0 saturated carbocycles. The standard InChI is InChI=1S/C18H16FN3O2S/c1-10-6-7-11(19)8-13(10)21-16(23)12-9-20-18-22(17(12)24)14-4-2-3-5-15(14)25-18/h6-9H,2-5H2,1H3,(H,21,23). The summed E-state index contributed by atoms with van der Waals surface area (Å²) in [5.41, 5.74) is 1.64. The molecule has 4 rings (SSSR count). The Balaban J connectivity index is 1.76. The van der Waals surface area contributed by atoms with Gasteiger partial charge in [-0.25, -0.2) is 9.37 Å². The van der Waals surface area contributed by atoms with E-state index in [9.17, 15) is 14.0 Å². The van der Waals surface area contributed by atoms with E-state index >= 15 is 0 Å². The van der Waals surface area contributed by atoms with Crippen LogP contribution in [0.15, 0.2) is 29.2 Å². The van der Waals surface area contributed by atoms with Crippen LogP contribution in [0.3, 0.4) is 0 Å². The van der Waals surface area contributed by atoms with Crippen molar-refractivity contribution in [3.05, 3.63) is 62.3 Å². The number of carbonyl (C=O) groups excluding carboxylic acids is 1. The van der Waals surface area contributed by atoms with Crippen LogP contribution >= 0.6 is 11.3 Å². The van der Waals surface area contributed by atoms with Gasteiger partial charge in [0.25, 0.3) is 11.5 Å². The predicted molar refractivity (Wildman–Crippen MR) is 95.1 cm³/mol. The third-order valence-electron chi connectivity index (χ3n) is 4.50. The minimum absolute atomic E-state index is 0.0349. The molecule has 0 unspecified atom stereocenters. The molecule has 7 heteroatoms. The van der Waals surface area contributed by atoms with Crippen LogP contribution in [0.4, 0.5) is 10.1 Å². The van der Waals surface area contributed by atoms with Crippen LogP contribution in [0.1, 0.15) is 39.3 Å². The van der Waals surface area contributed by atoms with E-state index in [0.29, 0.717) is 10.6 Å². The number of aromatic nitrogens is 2. The number of hydrogen-bond acceptors (Lipinski definition) is 4. The summed E-state index contributed by atoms with van der Waals surface area (Å²) in [6.45, 7) is 1.76. The van der Waals surface area contributed by atoms with Crippen molar-refractivity contribution in [2.45, 2.75) is 32.6 Å². The molecule has 5 nitrogen and oxygen atoms in total. The molecule has 0 aliphatic heterocycles. The molecule has 128 valence electrons. The highest BCUT2D eigenvalue weighted by Crippen LogP contribution is 2.28. The number of amides is 1. The first kappa shape index (κ1) is 16.0. The zero-order chi connectivity index (χ0) is 17.6. The molecule has 1 aliphatic rings. The van der Waals surface area contributed by atoms with Gasteiger partial charge in [-0.2, -0.15) is 0 Å². The maximum absolute atomic E-state index is 13.4. The number of hydrogen-bond donors (Lipinski definition) is 1. The quantitative estimate of drug-likeness (QED) is 0.765. The van der Waals surface area contributed by atoms with Gasteiger partial charge < -0.3 is 5.32 Å². The Hall–Kier alpha value is -2.54. The number of nitrogens with one attached hydrogen (secondary N) is 1. The Morgan fingerprint density at radius 2 is 2.12 bits per heavy atom. The molecule has 3 aromatic rings. The molecule has 0 fully saturated rings. The Labute approximate surface area is 147 Å². The maximum Gasteiger partial charge on any atom is 0.271 e. The van der Waals surface area contributed by atoms with Crippen LogP contribution in [0.25, 0.3) is 4.96 Å². The highest BCUT2D eigenvalue weighted by Gasteiger charge is 2.21. The van der Waals surface area contributed by atoms with Crippen LogP contribution in [-0.2, 0) is 12.8 Å². The van der Waals surface area contributed by atoms with Crippen molar-refractivity contribution in [3.8, 4) is 0 Å². The Kier molecular flexibility index (Phi) is 3.88. The number of carbonyl (C=O) groups is 1. The Morgan fingerprint density at radius 3 is 2.96 bits per heavy atom. The summed E-state index contributed by atoms with van der Waals surface area (Å²) in [7, 11) is 0. The molecule has 2 heterocycles. The van der Waals surface area contributed by atoms with Crippen molar-refractivity contribution in [2.24, 2.45) is 0 Å². The van der Waals surface area contributed by atoms with Crippen molar-refractivity contribution in [3.63, 3.8) is 0 Å². The zero-order valence-electron chi connectivity index (χ0n) is 13.6. The van der Waals surface area contributed by atoms with Gasteiger partial charge in [0.1, 0.15) is 11.4 Å². The minimum atomic E-state index is -0.573. The maximum atomic E-state index is 13.4. The molecule has 2 aromatic heterocycles. The van der Waals surface area contributed by atoms with Crippen molar-refractivity contribution in [1.29, 1.82) is 0 Å². The fourth-order valence-corrected chi connectivity index (χ4v) is 4.31. The second-order valence-electron chi connectivity index (χ2n) is 6.19. The molecule has 25 heavy (non-hydrogen) atoms. The number of aryl methyl sites for hydroxylation is 3. The Bertz CT molecular complexity index is 1050. The van der Waals surface area contributed by atoms with Crippen molar-refractivity contribution in [2.75, 3.05) is 5.32 Å². The van der Waals surface area contributed by atoms with E-state index < -0.39 is 11.7 Å².